The van der Waals surface area contributed by atoms with Crippen LogP contribution in [-0.4, -0.2) is 6.04 Å². The maximum Gasteiger partial charge on any atom is 0.134 e. The number of nitrogens with one attached hydrogen (secondary N) is 1. The number of ether oxygens (including phenoxy) is 1. The van der Waals surface area contributed by atoms with Crippen LogP contribution in [0.5, 0.6) is 11.5 Å². The molecule has 21 heavy (non-hydrogen) atoms. The van der Waals surface area contributed by atoms with Crippen molar-refractivity contribution in [2.45, 2.75) is 33.4 Å². The number of rotatable bonds is 5. The van der Waals surface area contributed by atoms with Crippen LogP contribution in [0.2, 0.25) is 0 Å². The summed E-state index contributed by atoms with van der Waals surface area (Å²) < 4.78 is 33.0. The fourth-order valence-corrected chi connectivity index (χ4v) is 1.91. The predicted molar refractivity (Wildman–Crippen MR) is 79.6 cm³/mol. The van der Waals surface area contributed by atoms with Gasteiger partial charge in [0.05, 0.1) is 0 Å². The van der Waals surface area contributed by atoms with Gasteiger partial charge in [-0.05, 0) is 30.7 Å². The summed E-state index contributed by atoms with van der Waals surface area (Å²) in [7, 11) is 0. The van der Waals surface area contributed by atoms with Crippen molar-refractivity contribution in [1.82, 2.24) is 5.32 Å². The van der Waals surface area contributed by atoms with E-state index in [2.05, 4.69) is 5.32 Å². The van der Waals surface area contributed by atoms with Gasteiger partial charge >= 0.3 is 0 Å². The van der Waals surface area contributed by atoms with Crippen LogP contribution >= 0.6 is 0 Å². The minimum Gasteiger partial charge on any atom is -0.457 e. The van der Waals surface area contributed by atoms with Crippen LogP contribution in [0, 0.1) is 18.6 Å². The molecule has 0 amide bonds. The maximum absolute atomic E-state index is 14.0. The number of halogens is 2. The number of hydrogen-bond donors (Lipinski definition) is 1. The molecule has 112 valence electrons. The molecule has 0 saturated heterocycles. The van der Waals surface area contributed by atoms with E-state index in [4.69, 9.17) is 4.74 Å². The summed E-state index contributed by atoms with van der Waals surface area (Å²) in [5, 5.41) is 3.16. The zero-order chi connectivity index (χ0) is 15.4. The van der Waals surface area contributed by atoms with Gasteiger partial charge in [-0.2, -0.15) is 0 Å². The zero-order valence-electron chi connectivity index (χ0n) is 12.4. The molecule has 0 aliphatic carbocycles. The summed E-state index contributed by atoms with van der Waals surface area (Å²) >= 11 is 0. The fourth-order valence-electron chi connectivity index (χ4n) is 1.91. The number of aryl methyl sites for hydroxylation is 1. The lowest BCUT2D eigenvalue weighted by Gasteiger charge is -2.15. The predicted octanol–water partition coefficient (Wildman–Crippen LogP) is 4.56. The molecule has 0 radical (unpaired) electrons. The Kier molecular flexibility index (Phi) is 4.91. The lowest BCUT2D eigenvalue weighted by Crippen LogP contribution is -2.22. The summed E-state index contributed by atoms with van der Waals surface area (Å²) in [6.45, 7) is 6.14. The molecule has 2 aromatic carbocycles. The second kappa shape index (κ2) is 6.68. The van der Waals surface area contributed by atoms with Crippen molar-refractivity contribution in [2.75, 3.05) is 0 Å². The van der Waals surface area contributed by atoms with Crippen molar-refractivity contribution in [3.63, 3.8) is 0 Å². The Morgan fingerprint density at radius 2 is 1.86 bits per heavy atom. The third kappa shape index (κ3) is 4.02. The third-order valence-corrected chi connectivity index (χ3v) is 3.13. The molecular formula is C17H19F2NO. The van der Waals surface area contributed by atoms with Gasteiger partial charge in [0.1, 0.15) is 23.1 Å². The molecule has 2 rings (SSSR count). The van der Waals surface area contributed by atoms with E-state index in [0.29, 0.717) is 23.6 Å². The Balaban J connectivity index is 2.31. The van der Waals surface area contributed by atoms with E-state index in [1.54, 1.807) is 18.2 Å². The van der Waals surface area contributed by atoms with Gasteiger partial charge in [-0.15, -0.1) is 0 Å². The molecule has 0 aliphatic heterocycles. The van der Waals surface area contributed by atoms with E-state index in [9.17, 15) is 8.78 Å². The second-order valence-electron chi connectivity index (χ2n) is 5.26. The van der Waals surface area contributed by atoms with Crippen LogP contribution < -0.4 is 10.1 Å². The molecule has 0 aliphatic rings. The first-order valence-electron chi connectivity index (χ1n) is 6.92. The van der Waals surface area contributed by atoms with E-state index in [1.807, 2.05) is 20.8 Å². The molecule has 0 aromatic heterocycles. The minimum absolute atomic E-state index is 0.230. The third-order valence-electron chi connectivity index (χ3n) is 3.13. The largest absolute Gasteiger partial charge is 0.457 e. The van der Waals surface area contributed by atoms with Crippen molar-refractivity contribution in [2.24, 2.45) is 0 Å². The Labute approximate surface area is 123 Å². The quantitative estimate of drug-likeness (QED) is 0.871. The second-order valence-corrected chi connectivity index (χ2v) is 5.26. The Hall–Kier alpha value is -1.94. The summed E-state index contributed by atoms with van der Waals surface area (Å²) in [5.74, 6) is 0.0758. The standard InChI is InChI=1S/C17H19F2NO/c1-11(2)20-10-14-15(19)5-4-6-16(14)21-17-9-13(18)8-7-12(17)3/h4-9,11,20H,10H2,1-3H3. The molecule has 2 aromatic rings. The average Bonchev–Trinajstić information content (AvgIpc) is 2.42. The molecule has 4 heteroatoms. The van der Waals surface area contributed by atoms with Crippen LogP contribution in [0.25, 0.3) is 0 Å². The highest BCUT2D eigenvalue weighted by Gasteiger charge is 2.12. The molecule has 0 unspecified atom stereocenters. The molecular weight excluding hydrogens is 272 g/mol. The summed E-state index contributed by atoms with van der Waals surface area (Å²) in [5.41, 5.74) is 1.23. The first-order valence-corrected chi connectivity index (χ1v) is 6.92. The van der Waals surface area contributed by atoms with Crippen molar-refractivity contribution >= 4 is 0 Å². The molecule has 2 nitrogen and oxygen atoms in total. The molecule has 0 saturated carbocycles. The van der Waals surface area contributed by atoms with Crippen LogP contribution in [-0.2, 0) is 6.54 Å². The molecule has 0 atom stereocenters. The Morgan fingerprint density at radius 3 is 2.57 bits per heavy atom. The minimum atomic E-state index is -0.381. The topological polar surface area (TPSA) is 21.3 Å². The van der Waals surface area contributed by atoms with Crippen LogP contribution in [0.4, 0.5) is 8.78 Å². The van der Waals surface area contributed by atoms with Gasteiger partial charge in [0.25, 0.3) is 0 Å². The average molecular weight is 291 g/mol. The van der Waals surface area contributed by atoms with Crippen LogP contribution in [0.15, 0.2) is 36.4 Å². The van der Waals surface area contributed by atoms with Gasteiger partial charge in [-0.1, -0.05) is 26.0 Å². The van der Waals surface area contributed by atoms with Crippen LogP contribution in [0.3, 0.4) is 0 Å². The maximum atomic E-state index is 14.0. The van der Waals surface area contributed by atoms with Gasteiger partial charge in [0.2, 0.25) is 0 Å². The molecule has 0 spiro atoms. The van der Waals surface area contributed by atoms with Crippen molar-refractivity contribution < 1.29 is 13.5 Å². The Bertz CT molecular complexity index is 626. The number of hydrogen-bond acceptors (Lipinski definition) is 2. The van der Waals surface area contributed by atoms with Gasteiger partial charge in [0, 0.05) is 24.2 Å². The van der Waals surface area contributed by atoms with Gasteiger partial charge < -0.3 is 10.1 Å². The highest BCUT2D eigenvalue weighted by Crippen LogP contribution is 2.30. The lowest BCUT2D eigenvalue weighted by atomic mass is 10.1. The SMILES string of the molecule is Cc1ccc(F)cc1Oc1cccc(F)c1CNC(C)C. The van der Waals surface area contributed by atoms with E-state index in [1.165, 1.54) is 18.2 Å². The molecule has 0 bridgehead atoms. The van der Waals surface area contributed by atoms with Gasteiger partial charge in [-0.3, -0.25) is 0 Å². The molecule has 0 heterocycles. The fraction of sp³-hybridized carbons (Fsp3) is 0.294. The molecule has 1 N–H and O–H groups in total. The summed E-state index contributed by atoms with van der Waals surface area (Å²) in [6.07, 6.45) is 0. The normalized spacial score (nSPS) is 11.0. The highest BCUT2D eigenvalue weighted by molar-refractivity contribution is 5.41. The van der Waals surface area contributed by atoms with E-state index < -0.39 is 0 Å². The highest BCUT2D eigenvalue weighted by atomic mass is 19.1. The van der Waals surface area contributed by atoms with E-state index >= 15 is 0 Å². The van der Waals surface area contributed by atoms with E-state index in [-0.39, 0.29) is 17.7 Å². The van der Waals surface area contributed by atoms with Crippen molar-refractivity contribution in [1.29, 1.82) is 0 Å². The zero-order valence-corrected chi connectivity index (χ0v) is 12.4. The van der Waals surface area contributed by atoms with Gasteiger partial charge in [-0.25, -0.2) is 8.78 Å². The lowest BCUT2D eigenvalue weighted by molar-refractivity contribution is 0.451. The van der Waals surface area contributed by atoms with Crippen molar-refractivity contribution in [3.05, 3.63) is 59.2 Å². The number of benzene rings is 2. The first kappa shape index (κ1) is 15.4. The smallest absolute Gasteiger partial charge is 0.134 e. The van der Waals surface area contributed by atoms with E-state index in [0.717, 1.165) is 5.56 Å². The van der Waals surface area contributed by atoms with Gasteiger partial charge in [0.15, 0.2) is 0 Å². The molecule has 0 fully saturated rings. The Morgan fingerprint density at radius 1 is 1.10 bits per heavy atom. The summed E-state index contributed by atoms with van der Waals surface area (Å²) in [6, 6.07) is 9.20. The summed E-state index contributed by atoms with van der Waals surface area (Å²) in [4.78, 5) is 0. The monoisotopic (exact) mass is 291 g/mol. The van der Waals surface area contributed by atoms with Crippen LogP contribution in [0.1, 0.15) is 25.0 Å². The van der Waals surface area contributed by atoms with Crippen molar-refractivity contribution in [3.8, 4) is 11.5 Å². The first-order chi connectivity index (χ1) is 9.97.